The van der Waals surface area contributed by atoms with Crippen LogP contribution in [0.4, 0.5) is 0 Å². The van der Waals surface area contributed by atoms with Crippen LogP contribution < -0.4 is 0 Å². The van der Waals surface area contributed by atoms with Crippen molar-refractivity contribution in [2.45, 2.75) is 70.6 Å². The maximum Gasteiger partial charge on any atom is 0.0319 e. The summed E-state index contributed by atoms with van der Waals surface area (Å²) in [5, 5.41) is 0.258. The molecule has 0 N–H and O–H groups in total. The first-order chi connectivity index (χ1) is 7.72. The van der Waals surface area contributed by atoms with Crippen molar-refractivity contribution in [2.75, 3.05) is 0 Å². The fraction of sp³-hybridized carbons (Fsp3) is 0.867. The summed E-state index contributed by atoms with van der Waals surface area (Å²) in [6, 6.07) is 0. The minimum Gasteiger partial charge on any atom is -0.123 e. The van der Waals surface area contributed by atoms with Crippen molar-refractivity contribution in [3.05, 3.63) is 0 Å². The van der Waals surface area contributed by atoms with Gasteiger partial charge < -0.3 is 0 Å². The molecule has 0 radical (unpaired) electrons. The lowest BCUT2D eigenvalue weighted by Gasteiger charge is -2.18. The van der Waals surface area contributed by atoms with Crippen LogP contribution >= 0.6 is 11.6 Å². The van der Waals surface area contributed by atoms with Crippen LogP contribution in [0.3, 0.4) is 0 Å². The molecular weight excluding hydrogens is 216 g/mol. The van der Waals surface area contributed by atoms with Gasteiger partial charge in [-0.2, -0.15) is 0 Å². The van der Waals surface area contributed by atoms with E-state index in [1.807, 2.05) is 0 Å². The lowest BCUT2D eigenvalue weighted by atomic mass is 9.87. The van der Waals surface area contributed by atoms with Gasteiger partial charge in [0, 0.05) is 17.7 Å². The fourth-order valence-corrected chi connectivity index (χ4v) is 2.67. The van der Waals surface area contributed by atoms with Crippen molar-refractivity contribution in [1.29, 1.82) is 0 Å². The topological polar surface area (TPSA) is 0 Å². The predicted molar refractivity (Wildman–Crippen MR) is 72.7 cm³/mol. The first-order valence-electron chi connectivity index (χ1n) is 6.84. The van der Waals surface area contributed by atoms with Crippen LogP contribution in [0.2, 0.25) is 0 Å². The Morgan fingerprint density at radius 3 is 2.50 bits per heavy atom. The zero-order valence-electron chi connectivity index (χ0n) is 10.8. The zero-order chi connectivity index (χ0) is 11.8. The minimum atomic E-state index is 0.258. The smallest absolute Gasteiger partial charge is 0.0319 e. The Balaban J connectivity index is 2.27. The van der Waals surface area contributed by atoms with Crippen LogP contribution in [0.25, 0.3) is 0 Å². The lowest BCUT2D eigenvalue weighted by Crippen LogP contribution is -2.06. The molecule has 2 unspecified atom stereocenters. The van der Waals surface area contributed by atoms with Gasteiger partial charge in [0.15, 0.2) is 0 Å². The Morgan fingerprint density at radius 1 is 1.25 bits per heavy atom. The highest BCUT2D eigenvalue weighted by molar-refractivity contribution is 6.20. The van der Waals surface area contributed by atoms with Gasteiger partial charge in [0.05, 0.1) is 0 Å². The van der Waals surface area contributed by atoms with E-state index in [2.05, 4.69) is 25.7 Å². The molecule has 1 heteroatoms. The summed E-state index contributed by atoms with van der Waals surface area (Å²) in [7, 11) is 0. The van der Waals surface area contributed by atoms with Crippen LogP contribution in [-0.4, -0.2) is 5.38 Å². The molecule has 0 heterocycles. The molecule has 0 aliphatic heterocycles. The van der Waals surface area contributed by atoms with Crippen molar-refractivity contribution in [1.82, 2.24) is 0 Å². The summed E-state index contributed by atoms with van der Waals surface area (Å²) >= 11 is 6.01. The average Bonchev–Trinajstić information content (AvgIpc) is 2.28. The van der Waals surface area contributed by atoms with E-state index >= 15 is 0 Å². The van der Waals surface area contributed by atoms with E-state index in [9.17, 15) is 0 Å². The number of halogens is 1. The Morgan fingerprint density at radius 2 is 1.94 bits per heavy atom. The molecule has 1 aliphatic rings. The van der Waals surface area contributed by atoms with Crippen molar-refractivity contribution >= 4 is 11.6 Å². The Bertz CT molecular complexity index is 228. The van der Waals surface area contributed by atoms with Crippen LogP contribution in [0.1, 0.15) is 65.2 Å². The second-order valence-electron chi connectivity index (χ2n) is 5.15. The third-order valence-corrected chi connectivity index (χ3v) is 3.70. The summed E-state index contributed by atoms with van der Waals surface area (Å²) in [6.45, 7) is 4.27. The summed E-state index contributed by atoms with van der Waals surface area (Å²) < 4.78 is 0. The molecule has 1 rings (SSSR count). The van der Waals surface area contributed by atoms with E-state index in [4.69, 9.17) is 11.6 Å². The monoisotopic (exact) mass is 240 g/mol. The van der Waals surface area contributed by atoms with Gasteiger partial charge in [0.2, 0.25) is 0 Å². The Kier molecular flexibility index (Phi) is 6.97. The summed E-state index contributed by atoms with van der Waals surface area (Å²) in [4.78, 5) is 0. The van der Waals surface area contributed by atoms with Crippen molar-refractivity contribution < 1.29 is 0 Å². The van der Waals surface area contributed by atoms with Crippen LogP contribution in [-0.2, 0) is 0 Å². The third kappa shape index (κ3) is 5.80. The van der Waals surface area contributed by atoms with Gasteiger partial charge >= 0.3 is 0 Å². The van der Waals surface area contributed by atoms with Gasteiger partial charge in [0.1, 0.15) is 0 Å². The van der Waals surface area contributed by atoms with Gasteiger partial charge in [-0.25, -0.2) is 0 Å². The molecule has 0 aromatic heterocycles. The average molecular weight is 241 g/mol. The quantitative estimate of drug-likeness (QED) is 0.479. The number of rotatable bonds is 4. The summed E-state index contributed by atoms with van der Waals surface area (Å²) in [5.41, 5.74) is 0. The Labute approximate surface area is 106 Å². The molecule has 0 aromatic carbocycles. The highest BCUT2D eigenvalue weighted by Gasteiger charge is 2.12. The van der Waals surface area contributed by atoms with E-state index in [-0.39, 0.29) is 5.38 Å². The minimum absolute atomic E-state index is 0.258. The SMILES string of the molecule is CCC(C#CCC1CCCCC1)CC(C)Cl. The van der Waals surface area contributed by atoms with Gasteiger partial charge in [-0.05, 0) is 38.5 Å². The van der Waals surface area contributed by atoms with Crippen molar-refractivity contribution in [2.24, 2.45) is 11.8 Å². The van der Waals surface area contributed by atoms with Gasteiger partial charge in [-0.1, -0.05) is 32.1 Å². The molecule has 0 saturated heterocycles. The van der Waals surface area contributed by atoms with Crippen LogP contribution in [0, 0.1) is 23.7 Å². The van der Waals surface area contributed by atoms with E-state index in [0.717, 1.165) is 25.2 Å². The van der Waals surface area contributed by atoms with Gasteiger partial charge in [-0.3, -0.25) is 0 Å². The highest BCUT2D eigenvalue weighted by atomic mass is 35.5. The number of hydrogen-bond donors (Lipinski definition) is 0. The molecule has 0 bridgehead atoms. The molecule has 1 saturated carbocycles. The van der Waals surface area contributed by atoms with Gasteiger partial charge in [0.25, 0.3) is 0 Å². The molecule has 0 amide bonds. The number of alkyl halides is 1. The van der Waals surface area contributed by atoms with E-state index < -0.39 is 0 Å². The molecule has 16 heavy (non-hydrogen) atoms. The maximum absolute atomic E-state index is 6.01. The van der Waals surface area contributed by atoms with Crippen molar-refractivity contribution in [3.63, 3.8) is 0 Å². The first kappa shape index (κ1) is 13.9. The van der Waals surface area contributed by atoms with Crippen molar-refractivity contribution in [3.8, 4) is 11.8 Å². The van der Waals surface area contributed by atoms with E-state index in [1.165, 1.54) is 32.1 Å². The molecule has 1 fully saturated rings. The predicted octanol–water partition coefficient (Wildman–Crippen LogP) is 5.00. The number of hydrogen-bond acceptors (Lipinski definition) is 0. The standard InChI is InChI=1S/C15H25Cl/c1-3-14(12-13(2)16)10-7-11-15-8-5-4-6-9-15/h13-15H,3-6,8-9,11-12H2,1-2H3. The summed E-state index contributed by atoms with van der Waals surface area (Å²) in [5.74, 6) is 8.21. The van der Waals surface area contributed by atoms with Crippen LogP contribution in [0.15, 0.2) is 0 Å². The zero-order valence-corrected chi connectivity index (χ0v) is 11.5. The third-order valence-electron chi connectivity index (χ3n) is 3.52. The molecule has 92 valence electrons. The van der Waals surface area contributed by atoms with Gasteiger partial charge in [-0.15, -0.1) is 17.5 Å². The second kappa shape index (κ2) is 8.02. The van der Waals surface area contributed by atoms with E-state index in [1.54, 1.807) is 0 Å². The molecule has 0 spiro atoms. The molecule has 0 nitrogen and oxygen atoms in total. The maximum atomic E-state index is 6.01. The van der Waals surface area contributed by atoms with E-state index in [0.29, 0.717) is 5.92 Å². The molecular formula is C15H25Cl. The normalized spacial score (nSPS) is 20.9. The Hall–Kier alpha value is -0.150. The van der Waals surface area contributed by atoms with Crippen LogP contribution in [0.5, 0.6) is 0 Å². The molecule has 1 aliphatic carbocycles. The lowest BCUT2D eigenvalue weighted by molar-refractivity contribution is 0.365. The fourth-order valence-electron chi connectivity index (χ4n) is 2.46. The summed E-state index contributed by atoms with van der Waals surface area (Å²) in [6.07, 6.45) is 10.4. The highest BCUT2D eigenvalue weighted by Crippen LogP contribution is 2.25. The molecule has 0 aromatic rings. The first-order valence-corrected chi connectivity index (χ1v) is 7.28. The largest absolute Gasteiger partial charge is 0.123 e. The second-order valence-corrected chi connectivity index (χ2v) is 5.90. The molecule has 2 atom stereocenters.